The fourth-order valence-corrected chi connectivity index (χ4v) is 2.61. The summed E-state index contributed by atoms with van der Waals surface area (Å²) in [6.07, 6.45) is 0. The van der Waals surface area contributed by atoms with Crippen molar-refractivity contribution in [3.63, 3.8) is 0 Å². The zero-order valence-corrected chi connectivity index (χ0v) is 14.2. The summed E-state index contributed by atoms with van der Waals surface area (Å²) in [5.41, 5.74) is 1.20. The molecule has 3 aromatic carbocycles. The predicted octanol–water partition coefficient (Wildman–Crippen LogP) is 3.88. The fraction of sp³-hybridized carbons (Fsp3) is 0.150. The second-order valence-electron chi connectivity index (χ2n) is 5.45. The van der Waals surface area contributed by atoms with E-state index in [2.05, 4.69) is 47.0 Å². The summed E-state index contributed by atoms with van der Waals surface area (Å²) in [5.74, 6) is 0.874. The van der Waals surface area contributed by atoms with Gasteiger partial charge in [-0.1, -0.05) is 60.7 Å². The van der Waals surface area contributed by atoms with Gasteiger partial charge in [-0.15, -0.1) is 0 Å². The first-order valence-corrected chi connectivity index (χ1v) is 8.39. The Morgan fingerprint density at radius 1 is 0.833 bits per heavy atom. The number of rotatable bonds is 6. The van der Waals surface area contributed by atoms with Crippen molar-refractivity contribution >= 4 is 28.1 Å². The van der Waals surface area contributed by atoms with Crippen LogP contribution in [0.4, 0.5) is 0 Å². The summed E-state index contributed by atoms with van der Waals surface area (Å²) in [4.78, 5) is 0. The Bertz CT molecular complexity index is 805. The van der Waals surface area contributed by atoms with Crippen LogP contribution in [0.15, 0.2) is 72.8 Å². The Kier molecular flexibility index (Phi) is 5.64. The van der Waals surface area contributed by atoms with E-state index in [0.29, 0.717) is 18.3 Å². The van der Waals surface area contributed by atoms with E-state index in [1.165, 1.54) is 16.3 Å². The van der Waals surface area contributed by atoms with E-state index in [-0.39, 0.29) is 0 Å². The van der Waals surface area contributed by atoms with Gasteiger partial charge in [0, 0.05) is 6.54 Å². The highest BCUT2D eigenvalue weighted by Crippen LogP contribution is 2.20. The van der Waals surface area contributed by atoms with Crippen molar-refractivity contribution in [1.29, 1.82) is 0 Å². The van der Waals surface area contributed by atoms with Crippen LogP contribution in [-0.4, -0.2) is 18.3 Å². The highest BCUT2D eigenvalue weighted by molar-refractivity contribution is 7.80. The van der Waals surface area contributed by atoms with E-state index < -0.39 is 0 Å². The van der Waals surface area contributed by atoms with Crippen molar-refractivity contribution in [3.05, 3.63) is 78.4 Å². The number of hydrogen-bond acceptors (Lipinski definition) is 2. The predicted molar refractivity (Wildman–Crippen MR) is 103 cm³/mol. The Hall–Kier alpha value is -2.59. The molecule has 0 aliphatic carbocycles. The molecule has 0 saturated carbocycles. The molecule has 0 aliphatic heterocycles. The smallest absolute Gasteiger partial charge is 0.166 e. The van der Waals surface area contributed by atoms with Gasteiger partial charge in [0.15, 0.2) is 5.11 Å². The topological polar surface area (TPSA) is 33.3 Å². The van der Waals surface area contributed by atoms with E-state index in [4.69, 9.17) is 17.0 Å². The summed E-state index contributed by atoms with van der Waals surface area (Å²) >= 11 is 5.27. The van der Waals surface area contributed by atoms with Gasteiger partial charge in [-0.05, 0) is 40.7 Å². The first-order chi connectivity index (χ1) is 11.8. The summed E-state index contributed by atoms with van der Waals surface area (Å²) in [6.45, 7) is 1.94. The zero-order valence-electron chi connectivity index (χ0n) is 13.4. The molecule has 0 spiro atoms. The van der Waals surface area contributed by atoms with Gasteiger partial charge in [-0.25, -0.2) is 0 Å². The molecule has 0 saturated heterocycles. The lowest BCUT2D eigenvalue weighted by molar-refractivity contribution is 0.322. The third-order valence-electron chi connectivity index (χ3n) is 3.67. The molecule has 0 aromatic heterocycles. The van der Waals surface area contributed by atoms with Crippen LogP contribution >= 0.6 is 12.2 Å². The molecule has 3 nitrogen and oxygen atoms in total. The Labute approximate surface area is 147 Å². The normalized spacial score (nSPS) is 10.3. The van der Waals surface area contributed by atoms with Gasteiger partial charge in [0.25, 0.3) is 0 Å². The van der Waals surface area contributed by atoms with Crippen LogP contribution in [0.1, 0.15) is 5.56 Å². The van der Waals surface area contributed by atoms with Crippen LogP contribution in [0.2, 0.25) is 0 Å². The SMILES string of the molecule is S=C(NCCOc1ccc2ccccc2c1)NCc1ccccc1. The average Bonchev–Trinajstić information content (AvgIpc) is 2.64. The van der Waals surface area contributed by atoms with E-state index in [1.807, 2.05) is 36.4 Å². The van der Waals surface area contributed by atoms with Crippen molar-refractivity contribution in [1.82, 2.24) is 10.6 Å². The molecular formula is C20H20N2OS. The maximum atomic E-state index is 5.78. The molecule has 24 heavy (non-hydrogen) atoms. The first-order valence-electron chi connectivity index (χ1n) is 7.98. The number of fused-ring (bicyclic) bond motifs is 1. The minimum Gasteiger partial charge on any atom is -0.492 e. The molecule has 122 valence electrons. The molecule has 4 heteroatoms. The molecule has 0 unspecified atom stereocenters. The highest BCUT2D eigenvalue weighted by atomic mass is 32.1. The van der Waals surface area contributed by atoms with Crippen LogP contribution in [-0.2, 0) is 6.54 Å². The number of thiocarbonyl (C=S) groups is 1. The Morgan fingerprint density at radius 2 is 1.58 bits per heavy atom. The molecule has 0 fully saturated rings. The van der Waals surface area contributed by atoms with Gasteiger partial charge in [-0.2, -0.15) is 0 Å². The number of benzene rings is 3. The van der Waals surface area contributed by atoms with Gasteiger partial charge in [-0.3, -0.25) is 0 Å². The number of ether oxygens (including phenoxy) is 1. The molecule has 0 aliphatic rings. The van der Waals surface area contributed by atoms with Crippen molar-refractivity contribution in [2.75, 3.05) is 13.2 Å². The van der Waals surface area contributed by atoms with E-state index in [1.54, 1.807) is 0 Å². The average molecular weight is 336 g/mol. The molecule has 3 rings (SSSR count). The van der Waals surface area contributed by atoms with Crippen LogP contribution in [0, 0.1) is 0 Å². The Morgan fingerprint density at radius 3 is 2.42 bits per heavy atom. The lowest BCUT2D eigenvalue weighted by Crippen LogP contribution is -2.37. The van der Waals surface area contributed by atoms with Gasteiger partial charge in [0.05, 0.1) is 6.54 Å². The standard InChI is InChI=1S/C20H20N2OS/c24-20(22-15-16-6-2-1-3-7-16)21-12-13-23-19-11-10-17-8-4-5-9-18(17)14-19/h1-11,14H,12-13,15H2,(H2,21,22,24). The van der Waals surface area contributed by atoms with Crippen LogP contribution in [0.5, 0.6) is 5.75 Å². The van der Waals surface area contributed by atoms with Gasteiger partial charge in [0.2, 0.25) is 0 Å². The van der Waals surface area contributed by atoms with Crippen molar-refractivity contribution in [2.45, 2.75) is 6.54 Å². The minimum atomic E-state index is 0.561. The quantitative estimate of drug-likeness (QED) is 0.529. The maximum Gasteiger partial charge on any atom is 0.166 e. The fourth-order valence-electron chi connectivity index (χ4n) is 2.43. The molecule has 3 aromatic rings. The van der Waals surface area contributed by atoms with Crippen molar-refractivity contribution < 1.29 is 4.74 Å². The molecule has 0 radical (unpaired) electrons. The van der Waals surface area contributed by atoms with Crippen LogP contribution < -0.4 is 15.4 Å². The molecule has 0 amide bonds. The lowest BCUT2D eigenvalue weighted by atomic mass is 10.1. The molecule has 2 N–H and O–H groups in total. The summed E-state index contributed by atoms with van der Waals surface area (Å²) < 4.78 is 5.78. The number of hydrogen-bond donors (Lipinski definition) is 2. The third-order valence-corrected chi connectivity index (χ3v) is 3.96. The van der Waals surface area contributed by atoms with Gasteiger partial charge < -0.3 is 15.4 Å². The van der Waals surface area contributed by atoms with E-state index in [0.717, 1.165) is 12.3 Å². The van der Waals surface area contributed by atoms with Crippen LogP contribution in [0.25, 0.3) is 10.8 Å². The van der Waals surface area contributed by atoms with Crippen LogP contribution in [0.3, 0.4) is 0 Å². The molecular weight excluding hydrogens is 316 g/mol. The second kappa shape index (κ2) is 8.31. The molecule has 0 heterocycles. The van der Waals surface area contributed by atoms with Crippen molar-refractivity contribution in [2.24, 2.45) is 0 Å². The molecule has 0 atom stereocenters. The highest BCUT2D eigenvalue weighted by Gasteiger charge is 1.99. The minimum absolute atomic E-state index is 0.561. The van der Waals surface area contributed by atoms with Crippen molar-refractivity contribution in [3.8, 4) is 5.75 Å². The maximum absolute atomic E-state index is 5.78. The molecule has 0 bridgehead atoms. The second-order valence-corrected chi connectivity index (χ2v) is 5.86. The third kappa shape index (κ3) is 4.70. The van der Waals surface area contributed by atoms with E-state index >= 15 is 0 Å². The number of nitrogens with one attached hydrogen (secondary N) is 2. The Balaban J connectivity index is 1.39. The van der Waals surface area contributed by atoms with E-state index in [9.17, 15) is 0 Å². The monoisotopic (exact) mass is 336 g/mol. The zero-order chi connectivity index (χ0) is 16.6. The van der Waals surface area contributed by atoms with Gasteiger partial charge in [0.1, 0.15) is 12.4 Å². The first kappa shape index (κ1) is 16.3. The largest absolute Gasteiger partial charge is 0.492 e. The lowest BCUT2D eigenvalue weighted by Gasteiger charge is -2.11. The van der Waals surface area contributed by atoms with Gasteiger partial charge >= 0.3 is 0 Å². The summed E-state index contributed by atoms with van der Waals surface area (Å²) in [6, 6.07) is 24.6. The summed E-state index contributed by atoms with van der Waals surface area (Å²) in [5, 5.41) is 9.38. The summed E-state index contributed by atoms with van der Waals surface area (Å²) in [7, 11) is 0.